The van der Waals surface area contributed by atoms with Gasteiger partial charge in [-0.15, -0.1) is 0 Å². The molecule has 0 aliphatic carbocycles. The largest absolute Gasteiger partial charge is 0.340 e. The molecule has 1 nitrogen and oxygen atoms in total. The Balaban J connectivity index is 1.79. The first-order chi connectivity index (χ1) is 15.1. The van der Waals surface area contributed by atoms with Crippen molar-refractivity contribution in [3.8, 4) is 0 Å². The molecule has 1 heterocycles. The molecule has 1 unspecified atom stereocenters. The van der Waals surface area contributed by atoms with Crippen molar-refractivity contribution in [2.45, 2.75) is 97.4 Å². The van der Waals surface area contributed by atoms with Gasteiger partial charge in [0.05, 0.1) is 0 Å². The van der Waals surface area contributed by atoms with Crippen LogP contribution < -0.4 is 0 Å². The highest BCUT2D eigenvalue weighted by Crippen LogP contribution is 2.33. The van der Waals surface area contributed by atoms with Crippen LogP contribution in [0.4, 0.5) is 0 Å². The molecule has 1 aromatic heterocycles. The monoisotopic (exact) mass is 643 g/mol. The maximum absolute atomic E-state index is 2.64. The van der Waals surface area contributed by atoms with Crippen LogP contribution >= 0.6 is 45.2 Å². The molecule has 31 heavy (non-hydrogen) atoms. The normalized spacial score (nSPS) is 12.8. The summed E-state index contributed by atoms with van der Waals surface area (Å²) in [5.74, 6) is 0.792. The van der Waals surface area contributed by atoms with E-state index in [0.29, 0.717) is 0 Å². The maximum Gasteiger partial charge on any atom is 0.0492 e. The Hall–Kier alpha value is -0.300. The summed E-state index contributed by atoms with van der Waals surface area (Å²) in [5.41, 5.74) is 2.83. The second-order valence-electron chi connectivity index (χ2n) is 9.21. The minimum atomic E-state index is 0.792. The average molecular weight is 643 g/mol. The third-order valence-electron chi connectivity index (χ3n) is 6.66. The summed E-state index contributed by atoms with van der Waals surface area (Å²) >= 11 is 4.90. The Kier molecular flexibility index (Phi) is 11.0. The Bertz CT molecular complexity index is 884. The second kappa shape index (κ2) is 13.4. The van der Waals surface area contributed by atoms with E-state index in [4.69, 9.17) is 0 Å². The van der Waals surface area contributed by atoms with E-state index in [-0.39, 0.29) is 0 Å². The van der Waals surface area contributed by atoms with E-state index < -0.39 is 0 Å². The molecule has 0 saturated heterocycles. The van der Waals surface area contributed by atoms with Crippen LogP contribution in [0.25, 0.3) is 21.8 Å². The fourth-order valence-electron chi connectivity index (χ4n) is 4.90. The van der Waals surface area contributed by atoms with E-state index in [1.165, 1.54) is 113 Å². The molecule has 2 aromatic carbocycles. The van der Waals surface area contributed by atoms with Gasteiger partial charge < -0.3 is 4.57 Å². The van der Waals surface area contributed by atoms with Crippen molar-refractivity contribution in [1.29, 1.82) is 0 Å². The Labute approximate surface area is 217 Å². The van der Waals surface area contributed by atoms with Crippen LogP contribution in [-0.2, 0) is 6.54 Å². The highest BCUT2D eigenvalue weighted by molar-refractivity contribution is 14.1. The zero-order valence-corrected chi connectivity index (χ0v) is 23.8. The van der Waals surface area contributed by atoms with Crippen LogP contribution in [0.2, 0.25) is 0 Å². The topological polar surface area (TPSA) is 4.93 Å². The van der Waals surface area contributed by atoms with Crippen molar-refractivity contribution in [1.82, 2.24) is 4.57 Å². The summed E-state index contributed by atoms with van der Waals surface area (Å²) in [6.07, 6.45) is 16.6. The first-order valence-electron chi connectivity index (χ1n) is 12.5. The van der Waals surface area contributed by atoms with E-state index in [2.05, 4.69) is 100.0 Å². The molecule has 0 aliphatic rings. The smallest absolute Gasteiger partial charge is 0.0492 e. The standard InChI is InChI=1S/C28H39I2N/c1-3-5-7-9-10-12-14-22(13-11-8-6-4-2)21-31-27-17-15-23(29)19-25(27)26-20-24(30)16-18-28(26)31/h15-20,22H,3-14,21H2,1-2H3. The Morgan fingerprint density at radius 2 is 1.10 bits per heavy atom. The summed E-state index contributed by atoms with van der Waals surface area (Å²) in [4.78, 5) is 0. The molecule has 1 atom stereocenters. The van der Waals surface area contributed by atoms with Crippen molar-refractivity contribution >= 4 is 67.0 Å². The average Bonchev–Trinajstić information content (AvgIpc) is 3.05. The van der Waals surface area contributed by atoms with E-state index in [0.717, 1.165) is 5.92 Å². The van der Waals surface area contributed by atoms with Gasteiger partial charge in [0, 0.05) is 35.5 Å². The molecule has 0 saturated carbocycles. The molecule has 0 bridgehead atoms. The number of aromatic nitrogens is 1. The SMILES string of the molecule is CCCCCCCCC(CCCCCC)Cn1c2ccc(I)cc2c2cc(I)ccc21. The Morgan fingerprint density at radius 3 is 1.61 bits per heavy atom. The maximum atomic E-state index is 2.64. The van der Waals surface area contributed by atoms with Crippen molar-refractivity contribution in [2.75, 3.05) is 0 Å². The minimum absolute atomic E-state index is 0.792. The number of halogens is 2. The van der Waals surface area contributed by atoms with Crippen molar-refractivity contribution in [3.63, 3.8) is 0 Å². The van der Waals surface area contributed by atoms with Crippen molar-refractivity contribution in [3.05, 3.63) is 43.5 Å². The van der Waals surface area contributed by atoms with Gasteiger partial charge in [-0.2, -0.15) is 0 Å². The zero-order valence-electron chi connectivity index (χ0n) is 19.4. The number of nitrogens with zero attached hydrogens (tertiary/aromatic N) is 1. The van der Waals surface area contributed by atoms with E-state index in [9.17, 15) is 0 Å². The number of fused-ring (bicyclic) bond motifs is 3. The molecule has 0 radical (unpaired) electrons. The number of hydrogen-bond acceptors (Lipinski definition) is 0. The predicted molar refractivity (Wildman–Crippen MR) is 155 cm³/mol. The number of hydrogen-bond donors (Lipinski definition) is 0. The number of rotatable bonds is 14. The van der Waals surface area contributed by atoms with Gasteiger partial charge in [-0.1, -0.05) is 78.1 Å². The van der Waals surface area contributed by atoms with Crippen LogP contribution in [0, 0.1) is 13.1 Å². The summed E-state index contributed by atoms with van der Waals surface area (Å²) in [5, 5.41) is 2.84. The lowest BCUT2D eigenvalue weighted by atomic mass is 9.94. The minimum Gasteiger partial charge on any atom is -0.340 e. The molecule has 0 aliphatic heterocycles. The zero-order chi connectivity index (χ0) is 22.1. The molecular weight excluding hydrogens is 604 g/mol. The highest BCUT2D eigenvalue weighted by atomic mass is 127. The van der Waals surface area contributed by atoms with Gasteiger partial charge in [0.25, 0.3) is 0 Å². The lowest BCUT2D eigenvalue weighted by molar-refractivity contribution is 0.365. The fraction of sp³-hybridized carbons (Fsp3) is 0.571. The van der Waals surface area contributed by atoms with Crippen LogP contribution in [0.1, 0.15) is 90.9 Å². The summed E-state index contributed by atoms with van der Waals surface area (Å²) < 4.78 is 5.29. The fourth-order valence-corrected chi connectivity index (χ4v) is 5.89. The van der Waals surface area contributed by atoms with Gasteiger partial charge in [0.15, 0.2) is 0 Å². The molecule has 170 valence electrons. The first kappa shape index (κ1) is 25.3. The van der Waals surface area contributed by atoms with Crippen molar-refractivity contribution in [2.24, 2.45) is 5.92 Å². The quantitative estimate of drug-likeness (QED) is 0.122. The van der Waals surface area contributed by atoms with Crippen LogP contribution in [0.3, 0.4) is 0 Å². The number of benzene rings is 2. The van der Waals surface area contributed by atoms with E-state index >= 15 is 0 Å². The van der Waals surface area contributed by atoms with Crippen molar-refractivity contribution < 1.29 is 0 Å². The van der Waals surface area contributed by atoms with E-state index in [1.807, 2.05) is 0 Å². The molecule has 0 spiro atoms. The summed E-state index contributed by atoms with van der Waals surface area (Å²) in [6.45, 7) is 5.79. The molecule has 3 aromatic rings. The molecule has 3 rings (SSSR count). The molecule has 0 fully saturated rings. The third kappa shape index (κ3) is 7.35. The van der Waals surface area contributed by atoms with Gasteiger partial charge in [-0.05, 0) is 100 Å². The second-order valence-corrected chi connectivity index (χ2v) is 11.7. The highest BCUT2D eigenvalue weighted by Gasteiger charge is 2.16. The van der Waals surface area contributed by atoms with Gasteiger partial charge in [0.1, 0.15) is 0 Å². The van der Waals surface area contributed by atoms with Crippen LogP contribution in [0.15, 0.2) is 36.4 Å². The molecule has 0 amide bonds. The van der Waals surface area contributed by atoms with Crippen LogP contribution in [-0.4, -0.2) is 4.57 Å². The number of unbranched alkanes of at least 4 members (excludes halogenated alkanes) is 8. The molecular formula is C28H39I2N. The lowest BCUT2D eigenvalue weighted by Gasteiger charge is -2.19. The predicted octanol–water partition coefficient (Wildman–Crippen LogP) is 10.3. The van der Waals surface area contributed by atoms with E-state index in [1.54, 1.807) is 0 Å². The summed E-state index contributed by atoms with van der Waals surface area (Å²) in [6, 6.07) is 14.0. The van der Waals surface area contributed by atoms with Gasteiger partial charge in [-0.3, -0.25) is 0 Å². The first-order valence-corrected chi connectivity index (χ1v) is 14.7. The van der Waals surface area contributed by atoms with Gasteiger partial charge in [0.2, 0.25) is 0 Å². The molecule has 3 heteroatoms. The van der Waals surface area contributed by atoms with Gasteiger partial charge >= 0.3 is 0 Å². The molecule has 0 N–H and O–H groups in total. The lowest BCUT2D eigenvalue weighted by Crippen LogP contribution is -2.11. The third-order valence-corrected chi connectivity index (χ3v) is 8.00. The van der Waals surface area contributed by atoms with Crippen LogP contribution in [0.5, 0.6) is 0 Å². The summed E-state index contributed by atoms with van der Waals surface area (Å²) in [7, 11) is 0. The Morgan fingerprint density at radius 1 is 0.645 bits per heavy atom. The van der Waals surface area contributed by atoms with Gasteiger partial charge in [-0.25, -0.2) is 0 Å².